The van der Waals surface area contributed by atoms with Crippen LogP contribution in [0.2, 0.25) is 5.02 Å². The van der Waals surface area contributed by atoms with Gasteiger partial charge in [-0.15, -0.1) is 0 Å². The average Bonchev–Trinajstić information content (AvgIpc) is 2.71. The monoisotopic (exact) mass is 277 g/mol. The highest BCUT2D eigenvalue weighted by Crippen LogP contribution is 2.29. The van der Waals surface area contributed by atoms with E-state index in [9.17, 15) is 0 Å². The molecule has 19 heavy (non-hydrogen) atoms. The number of hydrogen-bond acceptors (Lipinski definition) is 2. The topological polar surface area (TPSA) is 30.7 Å². The van der Waals surface area contributed by atoms with Crippen molar-refractivity contribution in [1.82, 2.24) is 14.8 Å². The summed E-state index contributed by atoms with van der Waals surface area (Å²) < 4.78 is 1.83. The van der Waals surface area contributed by atoms with Crippen LogP contribution in [-0.2, 0) is 7.05 Å². The molecule has 4 heteroatoms. The molecule has 0 aliphatic carbocycles. The molecule has 1 heterocycles. The minimum atomic E-state index is 0.347. The largest absolute Gasteiger partial charge is 0.252 e. The summed E-state index contributed by atoms with van der Waals surface area (Å²) in [6.07, 6.45) is 0. The minimum Gasteiger partial charge on any atom is -0.252 e. The second-order valence-electron chi connectivity index (χ2n) is 5.47. The standard InChI is InChI=1S/C15H20ClN3/c1-9(2)11-6-7-12(13(16)8-11)14-17-15(10(3)4)19(5)18-14/h6-10H,1-5H3. The third-order valence-electron chi connectivity index (χ3n) is 3.21. The fourth-order valence-corrected chi connectivity index (χ4v) is 2.36. The van der Waals surface area contributed by atoms with Crippen LogP contribution in [0.4, 0.5) is 0 Å². The molecule has 0 N–H and O–H groups in total. The van der Waals surface area contributed by atoms with E-state index in [4.69, 9.17) is 11.6 Å². The van der Waals surface area contributed by atoms with Crippen LogP contribution in [0.1, 0.15) is 50.9 Å². The summed E-state index contributed by atoms with van der Waals surface area (Å²) in [6, 6.07) is 6.11. The van der Waals surface area contributed by atoms with Gasteiger partial charge in [0.2, 0.25) is 0 Å². The molecule has 0 atom stereocenters. The van der Waals surface area contributed by atoms with Gasteiger partial charge in [0, 0.05) is 18.5 Å². The van der Waals surface area contributed by atoms with Crippen LogP contribution in [0.5, 0.6) is 0 Å². The first-order valence-electron chi connectivity index (χ1n) is 6.61. The Balaban J connectivity index is 2.45. The molecule has 0 fully saturated rings. The highest BCUT2D eigenvalue weighted by atomic mass is 35.5. The molecule has 102 valence electrons. The minimum absolute atomic E-state index is 0.347. The molecule has 0 unspecified atom stereocenters. The lowest BCUT2D eigenvalue weighted by atomic mass is 10.0. The van der Waals surface area contributed by atoms with Crippen LogP contribution in [0, 0.1) is 0 Å². The van der Waals surface area contributed by atoms with Gasteiger partial charge in [-0.05, 0) is 23.6 Å². The second-order valence-corrected chi connectivity index (χ2v) is 5.87. The SMILES string of the molecule is CC(C)c1ccc(-c2nc(C(C)C)n(C)n2)c(Cl)c1. The molecule has 1 aromatic carbocycles. The van der Waals surface area contributed by atoms with Gasteiger partial charge in [-0.2, -0.15) is 5.10 Å². The van der Waals surface area contributed by atoms with Crippen molar-refractivity contribution >= 4 is 11.6 Å². The van der Waals surface area contributed by atoms with Gasteiger partial charge in [-0.3, -0.25) is 4.68 Å². The molecule has 0 amide bonds. The third-order valence-corrected chi connectivity index (χ3v) is 3.53. The maximum atomic E-state index is 6.36. The molecule has 0 aliphatic rings. The highest BCUT2D eigenvalue weighted by molar-refractivity contribution is 6.33. The van der Waals surface area contributed by atoms with Crippen molar-refractivity contribution in [1.29, 1.82) is 0 Å². The van der Waals surface area contributed by atoms with Gasteiger partial charge < -0.3 is 0 Å². The first-order valence-corrected chi connectivity index (χ1v) is 6.98. The number of benzene rings is 1. The zero-order valence-electron chi connectivity index (χ0n) is 12.1. The predicted molar refractivity (Wildman–Crippen MR) is 79.6 cm³/mol. The van der Waals surface area contributed by atoms with Crippen LogP contribution < -0.4 is 0 Å². The zero-order chi connectivity index (χ0) is 14.2. The summed E-state index contributed by atoms with van der Waals surface area (Å²) in [4.78, 5) is 4.58. The Morgan fingerprint density at radius 1 is 1.11 bits per heavy atom. The lowest BCUT2D eigenvalue weighted by Gasteiger charge is -2.07. The molecule has 3 nitrogen and oxygen atoms in total. The van der Waals surface area contributed by atoms with Crippen molar-refractivity contribution in [3.63, 3.8) is 0 Å². The summed E-state index contributed by atoms with van der Waals surface area (Å²) in [5.74, 6) is 2.49. The van der Waals surface area contributed by atoms with E-state index in [0.29, 0.717) is 22.7 Å². The molecule has 0 saturated carbocycles. The van der Waals surface area contributed by atoms with Crippen LogP contribution in [-0.4, -0.2) is 14.8 Å². The fourth-order valence-electron chi connectivity index (χ4n) is 2.09. The van der Waals surface area contributed by atoms with Gasteiger partial charge in [-0.25, -0.2) is 4.98 Å². The van der Waals surface area contributed by atoms with Gasteiger partial charge in [0.05, 0.1) is 5.02 Å². The summed E-state index contributed by atoms with van der Waals surface area (Å²) in [6.45, 7) is 8.52. The lowest BCUT2D eigenvalue weighted by Crippen LogP contribution is -2.00. The Bertz CT molecular complexity index is 585. The van der Waals surface area contributed by atoms with E-state index in [2.05, 4.69) is 43.8 Å². The molecule has 0 bridgehead atoms. The summed E-state index contributed by atoms with van der Waals surface area (Å²) >= 11 is 6.36. The van der Waals surface area contributed by atoms with E-state index < -0.39 is 0 Å². The Hall–Kier alpha value is -1.35. The van der Waals surface area contributed by atoms with Crippen molar-refractivity contribution < 1.29 is 0 Å². The van der Waals surface area contributed by atoms with Crippen molar-refractivity contribution in [3.8, 4) is 11.4 Å². The number of aromatic nitrogens is 3. The van der Waals surface area contributed by atoms with E-state index >= 15 is 0 Å². The van der Waals surface area contributed by atoms with Gasteiger partial charge in [-0.1, -0.05) is 45.4 Å². The first kappa shape index (κ1) is 14.1. The molecule has 0 aliphatic heterocycles. The normalized spacial score (nSPS) is 11.6. The Morgan fingerprint density at radius 3 is 2.26 bits per heavy atom. The molecule has 2 aromatic rings. The van der Waals surface area contributed by atoms with Gasteiger partial charge in [0.1, 0.15) is 5.82 Å². The van der Waals surface area contributed by atoms with Crippen LogP contribution in [0.15, 0.2) is 18.2 Å². The van der Waals surface area contributed by atoms with E-state index in [-0.39, 0.29) is 0 Å². The van der Waals surface area contributed by atoms with E-state index in [1.807, 2.05) is 23.9 Å². The van der Waals surface area contributed by atoms with Crippen molar-refractivity contribution in [2.75, 3.05) is 0 Å². The summed E-state index contributed by atoms with van der Waals surface area (Å²) in [5, 5.41) is 5.17. The fraction of sp³-hybridized carbons (Fsp3) is 0.467. The van der Waals surface area contributed by atoms with E-state index in [0.717, 1.165) is 11.4 Å². The first-order chi connectivity index (χ1) is 8.90. The Labute approximate surface area is 119 Å². The van der Waals surface area contributed by atoms with Crippen molar-refractivity contribution in [2.45, 2.75) is 39.5 Å². The number of halogens is 1. The van der Waals surface area contributed by atoms with Gasteiger partial charge in [0.25, 0.3) is 0 Å². The Morgan fingerprint density at radius 2 is 1.79 bits per heavy atom. The molecular formula is C15H20ClN3. The maximum absolute atomic E-state index is 6.36. The van der Waals surface area contributed by atoms with Crippen LogP contribution in [0.25, 0.3) is 11.4 Å². The number of nitrogens with zero attached hydrogens (tertiary/aromatic N) is 3. The predicted octanol–water partition coefficient (Wildman–Crippen LogP) is 4.38. The Kier molecular flexibility index (Phi) is 3.95. The van der Waals surface area contributed by atoms with Gasteiger partial charge in [0.15, 0.2) is 5.82 Å². The third kappa shape index (κ3) is 2.81. The van der Waals surface area contributed by atoms with E-state index in [1.165, 1.54) is 5.56 Å². The summed E-state index contributed by atoms with van der Waals surface area (Å²) in [5.41, 5.74) is 2.13. The number of hydrogen-bond donors (Lipinski definition) is 0. The van der Waals surface area contributed by atoms with E-state index in [1.54, 1.807) is 0 Å². The maximum Gasteiger partial charge on any atom is 0.182 e. The van der Waals surface area contributed by atoms with Crippen LogP contribution in [0.3, 0.4) is 0 Å². The lowest BCUT2D eigenvalue weighted by molar-refractivity contribution is 0.655. The molecule has 0 saturated heterocycles. The quantitative estimate of drug-likeness (QED) is 0.833. The van der Waals surface area contributed by atoms with Crippen molar-refractivity contribution in [2.24, 2.45) is 7.05 Å². The average molecular weight is 278 g/mol. The number of rotatable bonds is 3. The van der Waals surface area contributed by atoms with Crippen molar-refractivity contribution in [3.05, 3.63) is 34.6 Å². The number of aryl methyl sites for hydroxylation is 1. The molecular weight excluding hydrogens is 258 g/mol. The molecule has 1 aromatic heterocycles. The second kappa shape index (κ2) is 5.33. The highest BCUT2D eigenvalue weighted by Gasteiger charge is 2.15. The van der Waals surface area contributed by atoms with Crippen LogP contribution >= 0.6 is 11.6 Å². The molecule has 0 spiro atoms. The molecule has 0 radical (unpaired) electrons. The summed E-state index contributed by atoms with van der Waals surface area (Å²) in [7, 11) is 1.92. The smallest absolute Gasteiger partial charge is 0.182 e. The zero-order valence-corrected chi connectivity index (χ0v) is 12.9. The van der Waals surface area contributed by atoms with Gasteiger partial charge >= 0.3 is 0 Å². The molecule has 2 rings (SSSR count).